The zero-order chi connectivity index (χ0) is 63.4. The van der Waals surface area contributed by atoms with Crippen LogP contribution in [0.3, 0.4) is 0 Å². The number of anilines is 1. The molecule has 2 unspecified atom stereocenters. The summed E-state index contributed by atoms with van der Waals surface area (Å²) in [5.41, 5.74) is 5.45. The molecule has 454 valence electrons. The van der Waals surface area contributed by atoms with Crippen molar-refractivity contribution < 1.29 is 52.1 Å². The number of carbonyl (C=O) groups excluding carboxylic acids is 5. The molecule has 7 aliphatic rings. The quantitative estimate of drug-likeness (QED) is 0.0463. The maximum absolute atomic E-state index is 13.5. The molecule has 1 fully saturated rings. The number of phenolic OH excluding ortho intramolecular Hbond substituents is 1. The number of fused-ring (bicyclic) bond motifs is 5. The number of nitro benzene ring substituents is 1. The summed E-state index contributed by atoms with van der Waals surface area (Å²) in [4.78, 5) is 97.1. The van der Waals surface area contributed by atoms with Gasteiger partial charge >= 0.3 is 0 Å². The summed E-state index contributed by atoms with van der Waals surface area (Å²) < 4.78 is 33.3. The predicted molar refractivity (Wildman–Crippen MR) is 348 cm³/mol. The first kappa shape index (κ1) is 60.3. The number of aromatic hydroxyl groups is 1. The first-order valence-electron chi connectivity index (χ1n) is 29.2. The fraction of sp³-hybridized carbons (Fsp3) is 0.174. The van der Waals surface area contributed by atoms with Crippen LogP contribution in [0.2, 0.25) is 0 Å². The topological polar surface area (TPSA) is 259 Å². The van der Waals surface area contributed by atoms with Crippen molar-refractivity contribution in [3.05, 3.63) is 255 Å². The number of phenols is 1. The van der Waals surface area contributed by atoms with E-state index in [1.165, 1.54) is 45.8 Å². The minimum atomic E-state index is -4.47. The van der Waals surface area contributed by atoms with Gasteiger partial charge in [0.25, 0.3) is 21.3 Å². The number of aromatic nitrogens is 2. The third-order valence-electron chi connectivity index (χ3n) is 16.8. The van der Waals surface area contributed by atoms with Crippen molar-refractivity contribution in [3.63, 3.8) is 0 Å². The van der Waals surface area contributed by atoms with Gasteiger partial charge < -0.3 is 15.1 Å². The van der Waals surface area contributed by atoms with Gasteiger partial charge in [0, 0.05) is 86.1 Å². The Hall–Kier alpha value is -9.61. The molecule has 2 atom stereocenters. The SMILES string of the molecule is CC(Sc1nc2ccccc2c(=O)n1C1CCCC1)C(=O)N1CCc2ccccc21.O=C1C(=NS(=O)(=O)c2ccc([N+](=O)[O-])cc2)C([N+]2=CCc3ccccc32)=C([O-])c2ccccc21.O=C1CC2=C(S1)C(c1ccccc1O)C1=C(S2)C(=O)c2ccccc2C1=O. The molecule has 0 radical (unpaired) electrons. The lowest BCUT2D eigenvalue weighted by Gasteiger charge is -2.31. The van der Waals surface area contributed by atoms with Crippen LogP contribution in [0.5, 0.6) is 5.75 Å². The van der Waals surface area contributed by atoms with Crippen LogP contribution in [0, 0.1) is 10.1 Å². The van der Waals surface area contributed by atoms with E-state index in [0.29, 0.717) is 61.9 Å². The molecule has 4 aliphatic heterocycles. The second kappa shape index (κ2) is 24.6. The van der Waals surface area contributed by atoms with Crippen molar-refractivity contribution in [2.45, 2.75) is 79.1 Å². The van der Waals surface area contributed by atoms with Gasteiger partial charge in [-0.05, 0) is 79.5 Å². The number of amides is 1. The molecule has 8 aromatic rings. The van der Waals surface area contributed by atoms with E-state index in [1.54, 1.807) is 79.0 Å². The van der Waals surface area contributed by atoms with E-state index in [4.69, 9.17) is 4.98 Å². The number of benzene rings is 7. The first-order chi connectivity index (χ1) is 44.0. The van der Waals surface area contributed by atoms with Crippen molar-refractivity contribution in [2.24, 2.45) is 4.40 Å². The summed E-state index contributed by atoms with van der Waals surface area (Å²) in [5, 5.41) is 35.8. The van der Waals surface area contributed by atoms with E-state index in [2.05, 4.69) is 10.5 Å². The lowest BCUT2D eigenvalue weighted by molar-refractivity contribution is -0.384. The van der Waals surface area contributed by atoms with E-state index in [1.807, 2.05) is 71.0 Å². The number of hydrogen-bond acceptors (Lipinski definition) is 16. The smallest absolute Gasteiger partial charge is 0.283 e. The Morgan fingerprint density at radius 3 is 2.11 bits per heavy atom. The number of Topliss-reactive ketones (excluding diaryl/α,β-unsaturated/α-hetero) is 3. The lowest BCUT2D eigenvalue weighted by atomic mass is 9.79. The number of hydrogen-bond donors (Lipinski definition) is 1. The fourth-order valence-electron chi connectivity index (χ4n) is 12.4. The van der Waals surface area contributed by atoms with Crippen molar-refractivity contribution in [1.29, 1.82) is 0 Å². The number of sulfonamides is 1. The molecule has 15 rings (SSSR count). The molecule has 7 aromatic carbocycles. The molecular weight excluding hydrogens is 1230 g/mol. The van der Waals surface area contributed by atoms with E-state index in [0.717, 1.165) is 89.2 Å². The minimum absolute atomic E-state index is 0.00909. The largest absolute Gasteiger partial charge is 0.867 e. The third kappa shape index (κ3) is 11.2. The summed E-state index contributed by atoms with van der Waals surface area (Å²) in [5.74, 6) is -2.11. The average molecular weight is 1290 g/mol. The minimum Gasteiger partial charge on any atom is -0.867 e. The van der Waals surface area contributed by atoms with Crippen LogP contribution in [-0.2, 0) is 32.5 Å². The molecule has 18 nitrogen and oxygen atoms in total. The van der Waals surface area contributed by atoms with Gasteiger partial charge in [-0.1, -0.05) is 163 Å². The zero-order valence-corrected chi connectivity index (χ0v) is 51.7. The number of allylic oxidation sites excluding steroid dienone is 5. The number of carbonyl (C=O) groups is 5. The van der Waals surface area contributed by atoms with Crippen LogP contribution < -0.4 is 15.6 Å². The molecule has 1 saturated carbocycles. The average Bonchev–Trinajstić information content (AvgIpc) is 1.76. The maximum atomic E-state index is 13.5. The number of non-ortho nitro benzene ring substituents is 1. The van der Waals surface area contributed by atoms with Crippen molar-refractivity contribution in [2.75, 3.05) is 11.4 Å². The summed E-state index contributed by atoms with van der Waals surface area (Å²) in [6.45, 7) is 2.64. The van der Waals surface area contributed by atoms with Crippen molar-refractivity contribution in [1.82, 2.24) is 9.55 Å². The highest BCUT2D eigenvalue weighted by Gasteiger charge is 2.46. The van der Waals surface area contributed by atoms with Gasteiger partial charge in [-0.2, -0.15) is 13.0 Å². The molecule has 22 heteroatoms. The van der Waals surface area contributed by atoms with Crippen LogP contribution in [0.4, 0.5) is 17.1 Å². The van der Waals surface area contributed by atoms with Crippen LogP contribution in [-0.4, -0.2) is 84.7 Å². The predicted octanol–water partition coefficient (Wildman–Crippen LogP) is 11.6. The number of rotatable bonds is 9. The first-order valence-corrected chi connectivity index (χ1v) is 33.2. The Kier molecular flexibility index (Phi) is 16.3. The monoisotopic (exact) mass is 1280 g/mol. The van der Waals surface area contributed by atoms with Crippen LogP contribution in [0.25, 0.3) is 16.7 Å². The van der Waals surface area contributed by atoms with E-state index in [9.17, 15) is 57.5 Å². The van der Waals surface area contributed by atoms with Crippen LogP contribution in [0.1, 0.15) is 104 Å². The number of ketones is 3. The van der Waals surface area contributed by atoms with Crippen molar-refractivity contribution >= 4 is 119 Å². The summed E-state index contributed by atoms with van der Waals surface area (Å²) in [6.07, 6.45) is 7.58. The Morgan fingerprint density at radius 1 is 0.758 bits per heavy atom. The Balaban J connectivity index is 0.000000126. The molecule has 1 amide bonds. The van der Waals surface area contributed by atoms with Gasteiger partial charge in [0.1, 0.15) is 5.75 Å². The highest BCUT2D eigenvalue weighted by Crippen LogP contribution is 2.59. The van der Waals surface area contributed by atoms with Gasteiger partial charge in [0.2, 0.25) is 28.9 Å². The van der Waals surface area contributed by atoms with Crippen molar-refractivity contribution in [3.8, 4) is 5.75 Å². The summed E-state index contributed by atoms with van der Waals surface area (Å²) in [6, 6.07) is 46.9. The van der Waals surface area contributed by atoms with E-state index < -0.39 is 38.1 Å². The second-order valence-electron chi connectivity index (χ2n) is 22.2. The third-order valence-corrected chi connectivity index (χ3v) is 21.6. The molecule has 5 heterocycles. The van der Waals surface area contributed by atoms with E-state index >= 15 is 0 Å². The number of thioether (sulfide) groups is 3. The van der Waals surface area contributed by atoms with E-state index in [-0.39, 0.29) is 79.0 Å². The molecule has 0 saturated heterocycles. The summed E-state index contributed by atoms with van der Waals surface area (Å²) in [7, 11) is -4.47. The molecule has 1 aromatic heterocycles. The number of para-hydroxylation sites is 4. The zero-order valence-electron chi connectivity index (χ0n) is 48.4. The Labute approximate surface area is 533 Å². The van der Waals surface area contributed by atoms with Gasteiger partial charge in [-0.3, -0.25) is 43.4 Å². The molecular formula is C69H52N6O12S4. The fourth-order valence-corrected chi connectivity index (χ4v) is 17.0. The van der Waals surface area contributed by atoms with Gasteiger partial charge in [-0.15, -0.1) is 4.40 Å². The van der Waals surface area contributed by atoms with Gasteiger partial charge in [0.15, 0.2) is 28.0 Å². The Morgan fingerprint density at radius 2 is 1.38 bits per heavy atom. The lowest BCUT2D eigenvalue weighted by Crippen LogP contribution is -2.36. The summed E-state index contributed by atoms with van der Waals surface area (Å²) >= 11 is 3.76. The number of nitro groups is 1. The van der Waals surface area contributed by atoms with Crippen LogP contribution >= 0.6 is 35.3 Å². The molecule has 91 heavy (non-hydrogen) atoms. The van der Waals surface area contributed by atoms with Crippen LogP contribution in [0.15, 0.2) is 215 Å². The molecule has 3 aliphatic carbocycles. The highest BCUT2D eigenvalue weighted by atomic mass is 32.2. The van der Waals surface area contributed by atoms with Gasteiger partial charge in [-0.25, -0.2) is 4.98 Å². The highest BCUT2D eigenvalue weighted by molar-refractivity contribution is 8.19. The molecule has 0 spiro atoms. The molecule has 0 bridgehead atoms. The second-order valence-corrected chi connectivity index (χ2v) is 27.4. The normalized spacial score (nSPS) is 18.2. The standard InChI is InChI=1S/C24H15N3O6S.C24H25N3O2S.C21H12O4S2/c28-23-18-6-2-3-7-19(18)24(29)22(26-14-13-15-5-1-4-8-20(15)26)21(23)25-34(32,33)17-11-9-16(10-12-17)27(30)31;1-16(22(28)26-15-14-17-8-2-7-13-21(17)26)30-24-25-20-12-6-5-11-19(20)23(29)27(24)18-9-3-4-10-18;22-13-8-4-3-7-12(13)16-17-18(24)10-5-1-2-6-11(10)19(25)21(17)26-14-9-15(23)27-20(14)16/h1-12,14H,13H2;2,5-8,11-13,16,18H,3-4,9-10,14-15H2,1H3;1-8,16,22H,9H2. The Bertz CT molecular complexity index is 4830. The van der Waals surface area contributed by atoms with Gasteiger partial charge in [0.05, 0.1) is 43.2 Å². The number of nitrogens with zero attached hydrogens (tertiary/aromatic N) is 6. The molecule has 1 N–H and O–H groups in total. The maximum Gasteiger partial charge on any atom is 0.283 e.